The van der Waals surface area contributed by atoms with Crippen molar-refractivity contribution in [3.8, 4) is 0 Å². The average Bonchev–Trinajstić information content (AvgIpc) is 2.53. The first-order chi connectivity index (χ1) is 9.88. The minimum Gasteiger partial charge on any atom is -0.377 e. The lowest BCUT2D eigenvalue weighted by Gasteiger charge is -2.33. The molecular formula is C18H27NO. The van der Waals surface area contributed by atoms with Gasteiger partial charge in [-0.1, -0.05) is 37.1 Å². The van der Waals surface area contributed by atoms with Crippen molar-refractivity contribution < 1.29 is 4.74 Å². The summed E-state index contributed by atoms with van der Waals surface area (Å²) in [5.41, 5.74) is 8.96. The molecule has 0 heterocycles. The van der Waals surface area contributed by atoms with E-state index in [0.29, 0.717) is 17.9 Å². The average molecular weight is 273 g/mol. The van der Waals surface area contributed by atoms with Crippen LogP contribution in [-0.4, -0.2) is 19.3 Å². The Morgan fingerprint density at radius 3 is 2.80 bits per heavy atom. The first-order valence-corrected chi connectivity index (χ1v) is 8.28. The van der Waals surface area contributed by atoms with Gasteiger partial charge in [-0.3, -0.25) is 0 Å². The summed E-state index contributed by atoms with van der Waals surface area (Å²) in [6.45, 7) is 1.67. The highest BCUT2D eigenvalue weighted by Crippen LogP contribution is 2.33. The van der Waals surface area contributed by atoms with Gasteiger partial charge in [-0.2, -0.15) is 0 Å². The molecule has 3 rings (SSSR count). The number of rotatable bonds is 4. The van der Waals surface area contributed by atoms with Crippen LogP contribution in [0.1, 0.15) is 55.6 Å². The molecule has 2 nitrogen and oxygen atoms in total. The van der Waals surface area contributed by atoms with Gasteiger partial charge in [-0.25, -0.2) is 0 Å². The van der Waals surface area contributed by atoms with Gasteiger partial charge in [0.1, 0.15) is 0 Å². The molecule has 0 aromatic heterocycles. The molecule has 0 aliphatic heterocycles. The maximum absolute atomic E-state index is 6.30. The Kier molecular flexibility index (Phi) is 4.74. The van der Waals surface area contributed by atoms with Crippen molar-refractivity contribution >= 4 is 0 Å². The third-order valence-electron chi connectivity index (χ3n) is 5.15. The normalized spacial score (nSPS) is 29.9. The second-order valence-electron chi connectivity index (χ2n) is 6.44. The fraction of sp³-hybridized carbons (Fsp3) is 0.667. The Bertz CT molecular complexity index is 431. The van der Waals surface area contributed by atoms with Crippen LogP contribution in [-0.2, 0) is 11.2 Å². The Morgan fingerprint density at radius 2 is 1.90 bits per heavy atom. The van der Waals surface area contributed by atoms with Crippen LogP contribution in [0.2, 0.25) is 0 Å². The van der Waals surface area contributed by atoms with Crippen molar-refractivity contribution in [2.75, 3.05) is 13.2 Å². The summed E-state index contributed by atoms with van der Waals surface area (Å²) in [5.74, 6) is 1.18. The second-order valence-corrected chi connectivity index (χ2v) is 6.44. The summed E-state index contributed by atoms with van der Waals surface area (Å²) in [7, 11) is 0. The van der Waals surface area contributed by atoms with Gasteiger partial charge < -0.3 is 10.5 Å². The van der Waals surface area contributed by atoms with Crippen LogP contribution in [0, 0.1) is 5.92 Å². The monoisotopic (exact) mass is 273 g/mol. The first kappa shape index (κ1) is 14.1. The number of hydrogen-bond donors (Lipinski definition) is 1. The first-order valence-electron chi connectivity index (χ1n) is 8.28. The number of hydrogen-bond acceptors (Lipinski definition) is 2. The molecular weight excluding hydrogens is 246 g/mol. The van der Waals surface area contributed by atoms with Crippen LogP contribution < -0.4 is 5.73 Å². The van der Waals surface area contributed by atoms with Gasteiger partial charge >= 0.3 is 0 Å². The van der Waals surface area contributed by atoms with E-state index in [1.807, 2.05) is 0 Å². The van der Waals surface area contributed by atoms with E-state index in [1.165, 1.54) is 56.1 Å². The van der Waals surface area contributed by atoms with Gasteiger partial charge in [0.05, 0.1) is 12.7 Å². The van der Waals surface area contributed by atoms with Crippen LogP contribution in [0.25, 0.3) is 0 Å². The minimum absolute atomic E-state index is 0.405. The topological polar surface area (TPSA) is 35.2 Å². The maximum atomic E-state index is 6.30. The fourth-order valence-electron chi connectivity index (χ4n) is 3.93. The minimum atomic E-state index is 0.405. The smallest absolute Gasteiger partial charge is 0.0615 e. The quantitative estimate of drug-likeness (QED) is 0.909. The zero-order valence-electron chi connectivity index (χ0n) is 12.4. The van der Waals surface area contributed by atoms with Crippen LogP contribution in [0.3, 0.4) is 0 Å². The van der Waals surface area contributed by atoms with Crippen molar-refractivity contribution in [3.05, 3.63) is 35.4 Å². The molecule has 2 N–H and O–H groups in total. The van der Waals surface area contributed by atoms with Gasteiger partial charge in [0.15, 0.2) is 0 Å². The highest BCUT2D eigenvalue weighted by Gasteiger charge is 2.27. The van der Waals surface area contributed by atoms with E-state index >= 15 is 0 Å². The van der Waals surface area contributed by atoms with Gasteiger partial charge in [0.25, 0.3) is 0 Å². The molecule has 2 heteroatoms. The number of benzene rings is 1. The van der Waals surface area contributed by atoms with Gasteiger partial charge in [-0.05, 0) is 55.7 Å². The van der Waals surface area contributed by atoms with Crippen molar-refractivity contribution in [2.24, 2.45) is 11.7 Å². The third-order valence-corrected chi connectivity index (χ3v) is 5.15. The Balaban J connectivity index is 1.61. The Labute approximate surface area is 122 Å². The maximum Gasteiger partial charge on any atom is 0.0615 e. The summed E-state index contributed by atoms with van der Waals surface area (Å²) >= 11 is 0. The summed E-state index contributed by atoms with van der Waals surface area (Å²) in [5, 5.41) is 0. The molecule has 2 aliphatic rings. The predicted octanol–water partition coefficient (Wildman–Crippen LogP) is 3.64. The molecule has 1 saturated carbocycles. The molecule has 3 unspecified atom stereocenters. The van der Waals surface area contributed by atoms with E-state index in [0.717, 1.165) is 13.2 Å². The Hall–Kier alpha value is -0.860. The number of aryl methyl sites for hydroxylation is 1. The van der Waals surface area contributed by atoms with Crippen LogP contribution in [0.15, 0.2) is 24.3 Å². The molecule has 1 fully saturated rings. The molecule has 20 heavy (non-hydrogen) atoms. The molecule has 0 amide bonds. The van der Waals surface area contributed by atoms with Crippen molar-refractivity contribution in [3.63, 3.8) is 0 Å². The Morgan fingerprint density at radius 1 is 1.05 bits per heavy atom. The molecule has 3 atom stereocenters. The van der Waals surface area contributed by atoms with Crippen molar-refractivity contribution in [2.45, 2.75) is 57.0 Å². The van der Waals surface area contributed by atoms with Crippen molar-refractivity contribution in [1.29, 1.82) is 0 Å². The van der Waals surface area contributed by atoms with Gasteiger partial charge in [0, 0.05) is 5.92 Å². The number of fused-ring (bicyclic) bond motifs is 1. The zero-order valence-corrected chi connectivity index (χ0v) is 12.4. The van der Waals surface area contributed by atoms with E-state index in [1.54, 1.807) is 0 Å². The molecule has 2 aliphatic carbocycles. The largest absolute Gasteiger partial charge is 0.377 e. The molecule has 0 bridgehead atoms. The summed E-state index contributed by atoms with van der Waals surface area (Å²) in [6, 6.07) is 8.91. The summed E-state index contributed by atoms with van der Waals surface area (Å²) < 4.78 is 6.30. The lowest BCUT2D eigenvalue weighted by molar-refractivity contribution is -0.0162. The van der Waals surface area contributed by atoms with E-state index in [-0.39, 0.29) is 0 Å². The fourth-order valence-corrected chi connectivity index (χ4v) is 3.93. The van der Waals surface area contributed by atoms with Crippen molar-refractivity contribution in [1.82, 2.24) is 0 Å². The van der Waals surface area contributed by atoms with Crippen LogP contribution >= 0.6 is 0 Å². The predicted molar refractivity (Wildman–Crippen MR) is 82.9 cm³/mol. The van der Waals surface area contributed by atoms with E-state index in [9.17, 15) is 0 Å². The molecule has 0 spiro atoms. The lowest BCUT2D eigenvalue weighted by atomic mass is 9.83. The SMILES string of the molecule is NCC1CCCCC1OCC1CCCc2ccccc21. The molecule has 110 valence electrons. The lowest BCUT2D eigenvalue weighted by Crippen LogP contribution is -2.34. The highest BCUT2D eigenvalue weighted by atomic mass is 16.5. The van der Waals surface area contributed by atoms with Gasteiger partial charge in [0.2, 0.25) is 0 Å². The summed E-state index contributed by atoms with van der Waals surface area (Å²) in [4.78, 5) is 0. The van der Waals surface area contributed by atoms with Gasteiger partial charge in [-0.15, -0.1) is 0 Å². The van der Waals surface area contributed by atoms with E-state index in [2.05, 4.69) is 24.3 Å². The number of ether oxygens (including phenoxy) is 1. The molecule has 0 saturated heterocycles. The van der Waals surface area contributed by atoms with E-state index in [4.69, 9.17) is 10.5 Å². The molecule has 1 aromatic rings. The van der Waals surface area contributed by atoms with Crippen LogP contribution in [0.5, 0.6) is 0 Å². The zero-order chi connectivity index (χ0) is 13.8. The summed E-state index contributed by atoms with van der Waals surface area (Å²) in [6.07, 6.45) is 9.31. The number of nitrogens with two attached hydrogens (primary N) is 1. The van der Waals surface area contributed by atoms with E-state index < -0.39 is 0 Å². The highest BCUT2D eigenvalue weighted by molar-refractivity contribution is 5.32. The van der Waals surface area contributed by atoms with Crippen LogP contribution in [0.4, 0.5) is 0 Å². The molecule has 1 aromatic carbocycles. The molecule has 0 radical (unpaired) electrons. The standard InChI is InChI=1S/C18H27NO/c19-12-15-7-2-4-11-18(15)20-13-16-9-5-8-14-6-1-3-10-17(14)16/h1,3,6,10,15-16,18H,2,4-5,7-9,11-13,19H2. The third kappa shape index (κ3) is 3.07. The second kappa shape index (κ2) is 6.73.